The molecule has 0 bridgehead atoms. The number of amidine groups is 1. The number of carboxylic acids is 1. The number of piperazine rings is 1. The lowest BCUT2D eigenvalue weighted by Crippen LogP contribution is -2.53. The summed E-state index contributed by atoms with van der Waals surface area (Å²) < 4.78 is 20.2. The fraction of sp³-hybridized carbons (Fsp3) is 0.464. The molecule has 0 aliphatic carbocycles. The molecular weight excluding hydrogens is 567 g/mol. The number of aliphatic carboxylic acids is 1. The quantitative estimate of drug-likeness (QED) is 0.329. The van der Waals surface area contributed by atoms with Crippen LogP contribution < -0.4 is 5.32 Å². The summed E-state index contributed by atoms with van der Waals surface area (Å²) in [5.41, 5.74) is 2.01. The highest BCUT2D eigenvalue weighted by Gasteiger charge is 2.40. The zero-order chi connectivity index (χ0) is 29.3. The lowest BCUT2D eigenvalue weighted by atomic mass is 9.92. The minimum Gasteiger partial charge on any atom is -0.481 e. The maximum Gasteiger partial charge on any atom is 0.338 e. The van der Waals surface area contributed by atoms with Gasteiger partial charge in [-0.2, -0.15) is 0 Å². The number of nitrogens with one attached hydrogen (secondary N) is 1. The molecule has 2 fully saturated rings. The first-order valence-electron chi connectivity index (χ1n) is 13.6. The van der Waals surface area contributed by atoms with Gasteiger partial charge in [-0.05, 0) is 43.3 Å². The highest BCUT2D eigenvalue weighted by atomic mass is 32.1. The molecule has 1 aromatic heterocycles. The molecule has 0 spiro atoms. The number of ether oxygens (including phenoxy) is 1. The predicted molar refractivity (Wildman–Crippen MR) is 157 cm³/mol. The van der Waals surface area contributed by atoms with Crippen molar-refractivity contribution in [2.24, 2.45) is 10.9 Å². The number of carbonyl (C=O) groups excluding carboxylic acids is 1. The van der Waals surface area contributed by atoms with Crippen molar-refractivity contribution in [3.63, 3.8) is 0 Å². The van der Waals surface area contributed by atoms with Crippen LogP contribution in [0.15, 0.2) is 46.0 Å². The van der Waals surface area contributed by atoms with E-state index in [2.05, 4.69) is 20.1 Å². The number of carboxylic acid groups (broad SMARTS) is 1. The first-order chi connectivity index (χ1) is 19.7. The second kappa shape index (κ2) is 12.2. The number of aromatic nitrogens is 1. The van der Waals surface area contributed by atoms with E-state index in [1.165, 1.54) is 17.4 Å². The third kappa shape index (κ3) is 5.97. The zero-order valence-corrected chi connectivity index (χ0v) is 24.8. The van der Waals surface area contributed by atoms with Gasteiger partial charge in [0, 0.05) is 56.5 Å². The summed E-state index contributed by atoms with van der Waals surface area (Å²) in [6, 6.07) is 4.14. The zero-order valence-electron chi connectivity index (χ0n) is 23.2. The number of hydrogen-bond acceptors (Lipinski definition) is 9. The number of nitrogens with zero attached hydrogens (tertiary/aromatic N) is 5. The van der Waals surface area contributed by atoms with Crippen molar-refractivity contribution in [2.45, 2.75) is 32.9 Å². The van der Waals surface area contributed by atoms with E-state index in [1.54, 1.807) is 39.1 Å². The smallest absolute Gasteiger partial charge is 0.338 e. The van der Waals surface area contributed by atoms with Crippen molar-refractivity contribution in [1.29, 1.82) is 0 Å². The molecule has 0 unspecified atom stereocenters. The van der Waals surface area contributed by atoms with Crippen molar-refractivity contribution in [2.75, 3.05) is 45.9 Å². The second-order valence-electron chi connectivity index (χ2n) is 10.4. The third-order valence-electron chi connectivity index (χ3n) is 7.67. The van der Waals surface area contributed by atoms with Crippen LogP contribution in [0.5, 0.6) is 0 Å². The van der Waals surface area contributed by atoms with Gasteiger partial charge < -0.3 is 25.0 Å². The van der Waals surface area contributed by atoms with E-state index in [4.69, 9.17) is 21.9 Å². The monoisotopic (exact) mass is 600 g/mol. The number of aliphatic imine (C=N–C) groups is 1. The van der Waals surface area contributed by atoms with Crippen LogP contribution in [0.4, 0.5) is 4.39 Å². The molecule has 2 N–H and O–H groups in total. The van der Waals surface area contributed by atoms with E-state index in [-0.39, 0.29) is 18.5 Å². The topological polar surface area (TPSA) is 111 Å². The van der Waals surface area contributed by atoms with Gasteiger partial charge in [0.1, 0.15) is 11.9 Å². The summed E-state index contributed by atoms with van der Waals surface area (Å²) in [6.07, 6.45) is 1.69. The number of benzene rings is 1. The SMILES string of the molecule is CCOC(=O)C1=C(CN2CCN3C(=S)N(C[C@H](C)C(=O)O)C[C@@H]3C2)NC(c2nccs2)=N[C@H]1c1cccc(F)c1C. The summed E-state index contributed by atoms with van der Waals surface area (Å²) >= 11 is 7.11. The van der Waals surface area contributed by atoms with Crippen LogP contribution in [0.3, 0.4) is 0 Å². The van der Waals surface area contributed by atoms with E-state index >= 15 is 0 Å². The van der Waals surface area contributed by atoms with Gasteiger partial charge in [-0.1, -0.05) is 19.1 Å². The van der Waals surface area contributed by atoms with Gasteiger partial charge in [-0.25, -0.2) is 14.2 Å². The molecule has 1 aromatic carbocycles. The fourth-order valence-corrected chi connectivity index (χ4v) is 6.51. The van der Waals surface area contributed by atoms with Gasteiger partial charge in [0.15, 0.2) is 16.0 Å². The molecule has 4 heterocycles. The number of halogens is 1. The lowest BCUT2D eigenvalue weighted by Gasteiger charge is -2.38. The van der Waals surface area contributed by atoms with Crippen molar-refractivity contribution >= 4 is 46.4 Å². The molecule has 3 atom stereocenters. The number of hydrogen-bond donors (Lipinski definition) is 2. The highest BCUT2D eigenvalue weighted by Crippen LogP contribution is 2.35. The average Bonchev–Trinajstić information content (AvgIpc) is 3.58. The van der Waals surface area contributed by atoms with E-state index < -0.39 is 23.9 Å². The Bertz CT molecular complexity index is 1400. The van der Waals surface area contributed by atoms with E-state index in [1.807, 2.05) is 10.3 Å². The van der Waals surface area contributed by atoms with E-state index in [0.29, 0.717) is 77.6 Å². The minimum absolute atomic E-state index is 0.0980. The van der Waals surface area contributed by atoms with Crippen molar-refractivity contribution in [3.05, 3.63) is 63.0 Å². The maximum absolute atomic E-state index is 14.7. The van der Waals surface area contributed by atoms with Gasteiger partial charge >= 0.3 is 11.9 Å². The van der Waals surface area contributed by atoms with Gasteiger partial charge in [-0.3, -0.25) is 14.7 Å². The Morgan fingerprint density at radius 2 is 2.12 bits per heavy atom. The Kier molecular flexibility index (Phi) is 8.66. The van der Waals surface area contributed by atoms with Gasteiger partial charge in [0.2, 0.25) is 0 Å². The van der Waals surface area contributed by atoms with Crippen LogP contribution in [0.1, 0.15) is 36.0 Å². The van der Waals surface area contributed by atoms with Gasteiger partial charge in [0.25, 0.3) is 0 Å². The second-order valence-corrected chi connectivity index (χ2v) is 11.7. The summed E-state index contributed by atoms with van der Waals surface area (Å²) in [4.78, 5) is 40.5. The molecule has 0 radical (unpaired) electrons. The fourth-order valence-electron chi connectivity index (χ4n) is 5.53. The third-order valence-corrected chi connectivity index (χ3v) is 8.94. The first-order valence-corrected chi connectivity index (χ1v) is 14.9. The number of thiazole rings is 1. The summed E-state index contributed by atoms with van der Waals surface area (Å²) in [6.45, 7) is 8.77. The first kappa shape index (κ1) is 29.1. The molecule has 10 nitrogen and oxygen atoms in total. The molecular formula is C28H33FN6O4S2. The van der Waals surface area contributed by atoms with Crippen LogP contribution in [0, 0.1) is 18.7 Å². The molecule has 0 amide bonds. The van der Waals surface area contributed by atoms with Crippen molar-refractivity contribution < 1.29 is 23.8 Å². The molecule has 41 heavy (non-hydrogen) atoms. The standard InChI is InChI=1S/C28H33FN6O4S2/c1-4-39-27(38)22-21(15-33-9-10-35-18(13-33)14-34(28(35)40)12-16(2)26(36)37)31-24(25-30-8-11-41-25)32-23(22)19-6-5-7-20(29)17(19)3/h5-8,11,16,18,23H,4,9-10,12-15H2,1-3H3,(H,31,32)(H,36,37)/t16-,18-,23-/m0/s1. The number of thiocarbonyl (C=S) groups is 1. The Hall–Kier alpha value is -3.42. The van der Waals surface area contributed by atoms with Gasteiger partial charge in [-0.15, -0.1) is 11.3 Å². The minimum atomic E-state index is -0.845. The molecule has 218 valence electrons. The highest BCUT2D eigenvalue weighted by molar-refractivity contribution is 7.80. The molecule has 3 aliphatic heterocycles. The van der Waals surface area contributed by atoms with E-state index in [9.17, 15) is 19.1 Å². The molecule has 2 aromatic rings. The van der Waals surface area contributed by atoms with Crippen molar-refractivity contribution in [3.8, 4) is 0 Å². The largest absolute Gasteiger partial charge is 0.481 e. The Morgan fingerprint density at radius 3 is 2.83 bits per heavy atom. The van der Waals surface area contributed by atoms with Crippen LogP contribution in [-0.4, -0.2) is 99.6 Å². The van der Waals surface area contributed by atoms with Crippen LogP contribution in [-0.2, 0) is 14.3 Å². The number of rotatable bonds is 9. The van der Waals surface area contributed by atoms with Crippen LogP contribution >= 0.6 is 23.6 Å². The Morgan fingerprint density at radius 1 is 1.32 bits per heavy atom. The summed E-state index contributed by atoms with van der Waals surface area (Å²) in [5.74, 6) is -1.72. The predicted octanol–water partition coefficient (Wildman–Crippen LogP) is 2.81. The molecule has 3 aliphatic rings. The lowest BCUT2D eigenvalue weighted by molar-refractivity contribution is -0.141. The Balaban J connectivity index is 1.46. The van der Waals surface area contributed by atoms with E-state index in [0.717, 1.165) is 0 Å². The normalized spacial score (nSPS) is 21.9. The van der Waals surface area contributed by atoms with Crippen molar-refractivity contribution in [1.82, 2.24) is 25.0 Å². The van der Waals surface area contributed by atoms with Crippen LogP contribution in [0.2, 0.25) is 0 Å². The summed E-state index contributed by atoms with van der Waals surface area (Å²) in [7, 11) is 0. The molecule has 0 saturated carbocycles. The molecule has 5 rings (SSSR count). The molecule has 2 saturated heterocycles. The molecule has 13 heteroatoms. The number of fused-ring (bicyclic) bond motifs is 1. The number of esters is 1. The van der Waals surface area contributed by atoms with Gasteiger partial charge in [0.05, 0.1) is 24.1 Å². The maximum atomic E-state index is 14.7. The Labute approximate surface area is 247 Å². The van der Waals surface area contributed by atoms with Crippen LogP contribution in [0.25, 0.3) is 0 Å². The average molecular weight is 601 g/mol. The number of carbonyl (C=O) groups is 2. The summed E-state index contributed by atoms with van der Waals surface area (Å²) in [5, 5.41) is 15.9.